The summed E-state index contributed by atoms with van der Waals surface area (Å²) in [5, 5.41) is 9.89. The normalized spacial score (nSPS) is 10.4. The van der Waals surface area contributed by atoms with E-state index >= 15 is 0 Å². The van der Waals surface area contributed by atoms with Crippen LogP contribution in [0, 0.1) is 0 Å². The zero-order valence-corrected chi connectivity index (χ0v) is 10.4. The Kier molecular flexibility index (Phi) is 10.7. The highest BCUT2D eigenvalue weighted by molar-refractivity contribution is 6.17. The summed E-state index contributed by atoms with van der Waals surface area (Å²) in [6.07, 6.45) is 3.73. The average molecular weight is 224 g/mol. The van der Waals surface area contributed by atoms with Crippen LogP contribution < -0.4 is 5.11 Å². The lowest BCUT2D eigenvalue weighted by atomic mass is 10.3. The van der Waals surface area contributed by atoms with Gasteiger partial charge in [0.15, 0.2) is 0 Å². The van der Waals surface area contributed by atoms with Crippen molar-refractivity contribution in [3.63, 3.8) is 0 Å². The first-order valence-corrected chi connectivity index (χ1v) is 5.43. The van der Waals surface area contributed by atoms with Crippen LogP contribution in [-0.4, -0.2) is 44.0 Å². The predicted octanol–water partition coefficient (Wildman–Crippen LogP) is 0.858. The molecule has 0 aliphatic rings. The second kappa shape index (κ2) is 9.28. The second-order valence-corrected chi connectivity index (χ2v) is 4.59. The van der Waals surface area contributed by atoms with Crippen LogP contribution in [0.3, 0.4) is 0 Å². The van der Waals surface area contributed by atoms with E-state index in [0.29, 0.717) is 4.48 Å². The summed E-state index contributed by atoms with van der Waals surface area (Å²) in [7, 11) is 5.40. The predicted molar refractivity (Wildman–Crippen MR) is 58.2 cm³/mol. The molecular weight excluding hydrogens is 202 g/mol. The number of carboxylic acid groups (broad SMARTS) is 1. The summed E-state index contributed by atoms with van der Waals surface area (Å²) in [6, 6.07) is 0. The molecule has 0 amide bonds. The molecular formula is C10H22ClNO2. The van der Waals surface area contributed by atoms with Crippen molar-refractivity contribution in [2.45, 2.75) is 26.2 Å². The summed E-state index contributed by atoms with van der Waals surface area (Å²) < 4.78 is 0.419. The average Bonchev–Trinajstić information content (AvgIpc) is 1.97. The van der Waals surface area contributed by atoms with Gasteiger partial charge in [-0.25, -0.2) is 0 Å². The van der Waals surface area contributed by atoms with Gasteiger partial charge in [-0.1, -0.05) is 19.8 Å². The zero-order chi connectivity index (χ0) is 11.6. The number of aliphatic carboxylic acids is 1. The summed E-state index contributed by atoms with van der Waals surface area (Å²) in [6.45, 7) is 2.24. The number of alkyl halides is 1. The van der Waals surface area contributed by atoms with Gasteiger partial charge < -0.3 is 14.4 Å². The van der Waals surface area contributed by atoms with Crippen molar-refractivity contribution in [2.24, 2.45) is 0 Å². The molecule has 0 spiro atoms. The van der Waals surface area contributed by atoms with Crippen molar-refractivity contribution in [1.82, 2.24) is 0 Å². The fourth-order valence-electron chi connectivity index (χ4n) is 0.732. The highest BCUT2D eigenvalue weighted by Gasteiger charge is 2.04. The number of quaternary nitrogens is 1. The molecule has 0 aromatic carbocycles. The van der Waals surface area contributed by atoms with Gasteiger partial charge in [0.05, 0.1) is 27.1 Å². The fraction of sp³-hybridized carbons (Fsp3) is 0.900. The molecule has 0 fully saturated rings. The van der Waals surface area contributed by atoms with Crippen LogP contribution in [0.5, 0.6) is 0 Å². The van der Waals surface area contributed by atoms with Crippen LogP contribution in [0.2, 0.25) is 0 Å². The lowest BCUT2D eigenvalue weighted by molar-refractivity contribution is -0.864. The molecule has 0 bridgehead atoms. The smallest absolute Gasteiger partial charge is 0.118 e. The first-order chi connectivity index (χ1) is 6.33. The van der Waals surface area contributed by atoms with E-state index in [4.69, 9.17) is 11.6 Å². The number of carbonyl (C=O) groups is 1. The largest absolute Gasteiger partial charge is 0.544 e. The molecule has 0 radical (unpaired) electrons. The van der Waals surface area contributed by atoms with Gasteiger partial charge in [-0.15, -0.1) is 11.6 Å². The number of carbonyl (C=O) groups excluding carboxylic acids is 1. The molecule has 3 nitrogen and oxygen atoms in total. The summed E-state index contributed by atoms with van der Waals surface area (Å²) in [5.74, 6) is -0.175. The third-order valence-electron chi connectivity index (χ3n) is 1.34. The van der Waals surface area contributed by atoms with Crippen molar-refractivity contribution >= 4 is 17.6 Å². The van der Waals surface area contributed by atoms with Crippen molar-refractivity contribution in [3.8, 4) is 0 Å². The zero-order valence-electron chi connectivity index (χ0n) is 9.68. The van der Waals surface area contributed by atoms with Gasteiger partial charge in [0.2, 0.25) is 0 Å². The van der Waals surface area contributed by atoms with Crippen LogP contribution in [0.25, 0.3) is 0 Å². The molecule has 0 atom stereocenters. The first kappa shape index (κ1) is 16.2. The number of halogens is 1. The number of unbranched alkanes of at least 4 members (excludes halogenated alkanes) is 2. The molecule has 0 rings (SSSR count). The molecule has 4 heteroatoms. The Morgan fingerprint density at radius 2 is 1.79 bits per heavy atom. The van der Waals surface area contributed by atoms with E-state index in [-0.39, 0.29) is 6.54 Å². The minimum atomic E-state index is -1.00. The van der Waals surface area contributed by atoms with Gasteiger partial charge >= 0.3 is 0 Å². The van der Waals surface area contributed by atoms with E-state index < -0.39 is 5.97 Å². The molecule has 0 unspecified atom stereocenters. The number of hydrogen-bond donors (Lipinski definition) is 0. The number of carboxylic acids is 1. The molecule has 0 aromatic heterocycles. The van der Waals surface area contributed by atoms with Crippen molar-refractivity contribution in [2.75, 3.05) is 33.6 Å². The van der Waals surface area contributed by atoms with Crippen LogP contribution in [-0.2, 0) is 4.79 Å². The van der Waals surface area contributed by atoms with E-state index in [1.54, 1.807) is 21.1 Å². The standard InChI is InChI=1S/C5H11Cl.C5H11NO2/c1-2-3-4-5-6;1-6(2,3)4-5(7)8/h2-5H2,1H3;4H2,1-3H3. The minimum absolute atomic E-state index is 0.0694. The fourth-order valence-corrected chi connectivity index (χ4v) is 0.921. The van der Waals surface area contributed by atoms with E-state index in [2.05, 4.69) is 6.92 Å². The summed E-state index contributed by atoms with van der Waals surface area (Å²) in [4.78, 5) is 9.89. The Labute approximate surface area is 92.3 Å². The maximum Gasteiger partial charge on any atom is 0.118 e. The Morgan fingerprint density at radius 3 is 1.86 bits per heavy atom. The number of hydrogen-bond acceptors (Lipinski definition) is 2. The Morgan fingerprint density at radius 1 is 1.29 bits per heavy atom. The van der Waals surface area contributed by atoms with Gasteiger partial charge in [-0.2, -0.15) is 0 Å². The topological polar surface area (TPSA) is 40.1 Å². The number of likely N-dealkylation sites (N-methyl/N-ethyl adjacent to an activating group) is 1. The molecule has 0 aliphatic carbocycles. The number of rotatable bonds is 5. The van der Waals surface area contributed by atoms with Gasteiger partial charge in [-0.05, 0) is 6.42 Å². The molecule has 0 N–H and O–H groups in total. The van der Waals surface area contributed by atoms with Crippen LogP contribution in [0.4, 0.5) is 0 Å². The molecule has 0 aliphatic heterocycles. The van der Waals surface area contributed by atoms with E-state index in [9.17, 15) is 9.90 Å². The van der Waals surface area contributed by atoms with E-state index in [1.165, 1.54) is 19.3 Å². The SMILES string of the molecule is CCCCCCl.C[N+](C)(C)CC(=O)[O-]. The first-order valence-electron chi connectivity index (χ1n) is 4.89. The van der Waals surface area contributed by atoms with Crippen molar-refractivity contribution < 1.29 is 14.4 Å². The molecule has 0 saturated carbocycles. The highest BCUT2D eigenvalue weighted by Crippen LogP contribution is 1.93. The van der Waals surface area contributed by atoms with Gasteiger partial charge in [0.1, 0.15) is 6.54 Å². The lowest BCUT2D eigenvalue weighted by Gasteiger charge is -2.23. The molecule has 0 saturated heterocycles. The van der Waals surface area contributed by atoms with E-state index in [1.807, 2.05) is 0 Å². The highest BCUT2D eigenvalue weighted by atomic mass is 35.5. The van der Waals surface area contributed by atoms with E-state index in [0.717, 1.165) is 5.88 Å². The Hall–Kier alpha value is -0.280. The molecule has 14 heavy (non-hydrogen) atoms. The second-order valence-electron chi connectivity index (χ2n) is 4.22. The van der Waals surface area contributed by atoms with Gasteiger partial charge in [0, 0.05) is 5.88 Å². The minimum Gasteiger partial charge on any atom is -0.544 e. The quantitative estimate of drug-likeness (QED) is 0.394. The maximum absolute atomic E-state index is 9.89. The molecule has 0 aromatic rings. The van der Waals surface area contributed by atoms with Crippen LogP contribution in [0.1, 0.15) is 26.2 Å². The van der Waals surface area contributed by atoms with Crippen LogP contribution >= 0.6 is 11.6 Å². The third kappa shape index (κ3) is 22.6. The Bertz CT molecular complexity index is 140. The Balaban J connectivity index is 0. The van der Waals surface area contributed by atoms with Crippen LogP contribution in [0.15, 0.2) is 0 Å². The number of nitrogens with zero attached hydrogens (tertiary/aromatic N) is 1. The molecule has 86 valence electrons. The third-order valence-corrected chi connectivity index (χ3v) is 1.61. The van der Waals surface area contributed by atoms with Crippen molar-refractivity contribution in [3.05, 3.63) is 0 Å². The maximum atomic E-state index is 9.89. The summed E-state index contributed by atoms with van der Waals surface area (Å²) in [5.41, 5.74) is 0. The lowest BCUT2D eigenvalue weighted by Crippen LogP contribution is -2.45. The monoisotopic (exact) mass is 223 g/mol. The van der Waals surface area contributed by atoms with Gasteiger partial charge in [-0.3, -0.25) is 0 Å². The van der Waals surface area contributed by atoms with Gasteiger partial charge in [0.25, 0.3) is 0 Å². The molecule has 0 heterocycles. The van der Waals surface area contributed by atoms with Crippen molar-refractivity contribution in [1.29, 1.82) is 0 Å². The summed E-state index contributed by atoms with van der Waals surface area (Å²) >= 11 is 5.38.